The summed E-state index contributed by atoms with van der Waals surface area (Å²) in [5, 5.41) is 57.9. The molecule has 8 N–H and O–H groups in total. The van der Waals surface area contributed by atoms with Gasteiger partial charge in [-0.1, -0.05) is 0 Å². The molecule has 2 heterocycles. The molecule has 0 aromatic rings. The number of alkyl halides is 1. The molecule has 3 amide bonds. The summed E-state index contributed by atoms with van der Waals surface area (Å²) in [6.07, 6.45) is -11.5. The monoisotopic (exact) mass is 499 g/mol. The van der Waals surface area contributed by atoms with Crippen LogP contribution < -0.4 is 16.0 Å². The summed E-state index contributed by atoms with van der Waals surface area (Å²) >= 11 is 5.49. The Morgan fingerprint density at radius 1 is 0.848 bits per heavy atom. The Kier molecular flexibility index (Phi) is 10.2. The van der Waals surface area contributed by atoms with Crippen molar-refractivity contribution < 1.29 is 54.1 Å². The first-order valence-electron chi connectivity index (χ1n) is 10.2. The predicted molar refractivity (Wildman–Crippen MR) is 108 cm³/mol. The molecule has 14 nitrogen and oxygen atoms in total. The quantitative estimate of drug-likeness (QED) is 0.148. The minimum atomic E-state index is -1.61. The molecule has 0 radical (unpaired) electrons. The van der Waals surface area contributed by atoms with E-state index in [9.17, 15) is 39.9 Å². The molecular weight excluding hydrogens is 470 g/mol. The van der Waals surface area contributed by atoms with E-state index < -0.39 is 98.0 Å². The number of halogens is 1. The highest BCUT2D eigenvalue weighted by molar-refractivity contribution is 6.27. The van der Waals surface area contributed by atoms with Gasteiger partial charge in [0.15, 0.2) is 12.5 Å². The third-order valence-electron chi connectivity index (χ3n) is 5.24. The Bertz CT molecular complexity index is 702. The number of aliphatic hydroxyl groups is 5. The van der Waals surface area contributed by atoms with Gasteiger partial charge in [-0.25, -0.2) is 0 Å². The molecule has 2 aliphatic rings. The molecule has 2 rings (SSSR count). The first-order chi connectivity index (χ1) is 15.5. The Morgan fingerprint density at radius 2 is 1.42 bits per heavy atom. The number of carbonyl (C=O) groups excluding carboxylic acids is 3. The van der Waals surface area contributed by atoms with Crippen molar-refractivity contribution in [1.29, 1.82) is 0 Å². The lowest BCUT2D eigenvalue weighted by molar-refractivity contribution is -0.315. The molecule has 2 aliphatic heterocycles. The summed E-state index contributed by atoms with van der Waals surface area (Å²) < 4.78 is 16.9. The largest absolute Gasteiger partial charge is 0.394 e. The number of amides is 3. The molecule has 0 bridgehead atoms. The zero-order valence-electron chi connectivity index (χ0n) is 18.0. The molecule has 0 saturated carbocycles. The highest BCUT2D eigenvalue weighted by atomic mass is 35.5. The first kappa shape index (κ1) is 27.6. The van der Waals surface area contributed by atoms with E-state index >= 15 is 0 Å². The Hall–Kier alpha value is -1.62. The van der Waals surface area contributed by atoms with Gasteiger partial charge in [-0.3, -0.25) is 14.4 Å². The lowest BCUT2D eigenvalue weighted by atomic mass is 9.94. The van der Waals surface area contributed by atoms with Crippen molar-refractivity contribution in [2.45, 2.75) is 75.1 Å². The smallest absolute Gasteiger partial charge is 0.236 e. The summed E-state index contributed by atoms with van der Waals surface area (Å²) in [4.78, 5) is 35.0. The second-order valence-corrected chi connectivity index (χ2v) is 8.00. The van der Waals surface area contributed by atoms with Crippen molar-refractivity contribution in [3.8, 4) is 0 Å². The van der Waals surface area contributed by atoms with Crippen molar-refractivity contribution in [1.82, 2.24) is 16.0 Å². The van der Waals surface area contributed by atoms with Crippen LogP contribution in [-0.2, 0) is 28.6 Å². The number of carbonyl (C=O) groups is 3. The lowest BCUT2D eigenvalue weighted by Crippen LogP contribution is -2.71. The molecule has 33 heavy (non-hydrogen) atoms. The fraction of sp³-hybridized carbons (Fsp3) is 0.833. The number of hydrogen-bond acceptors (Lipinski definition) is 11. The van der Waals surface area contributed by atoms with E-state index in [1.807, 2.05) is 0 Å². The van der Waals surface area contributed by atoms with Crippen LogP contribution in [0.15, 0.2) is 0 Å². The number of hydrogen-bond donors (Lipinski definition) is 8. The van der Waals surface area contributed by atoms with Crippen molar-refractivity contribution in [2.24, 2.45) is 0 Å². The van der Waals surface area contributed by atoms with Crippen LogP contribution in [0.2, 0.25) is 0 Å². The molecule has 190 valence electrons. The fourth-order valence-electron chi connectivity index (χ4n) is 3.73. The van der Waals surface area contributed by atoms with Crippen molar-refractivity contribution >= 4 is 29.3 Å². The van der Waals surface area contributed by atoms with Crippen molar-refractivity contribution in [2.75, 3.05) is 19.1 Å². The van der Waals surface area contributed by atoms with Gasteiger partial charge in [-0.05, 0) is 0 Å². The number of ether oxygens (including phenoxy) is 3. The minimum absolute atomic E-state index is 0.427. The molecule has 10 atom stereocenters. The maximum atomic E-state index is 11.7. The summed E-state index contributed by atoms with van der Waals surface area (Å²) in [6, 6.07) is -2.56. The summed E-state index contributed by atoms with van der Waals surface area (Å²) in [5.74, 6) is -2.25. The average Bonchev–Trinajstić information content (AvgIpc) is 2.76. The third-order valence-corrected chi connectivity index (χ3v) is 5.48. The van der Waals surface area contributed by atoms with E-state index in [0.29, 0.717) is 0 Å². The van der Waals surface area contributed by atoms with E-state index in [4.69, 9.17) is 25.8 Å². The first-order valence-corrected chi connectivity index (χ1v) is 10.7. The standard InChI is InChI=1S/C18H30ClN3O11/c1-6(25)20-11-15(30)16(9(5-24)31-17(11)22-10(27)3-19)33-18-12(21-7(2)26)14(29)13(28)8(4-23)32-18/h8-9,11-18,23-24,28-30H,3-5H2,1-2H3,(H,20,25)(H,21,26)(H,22,27)/t8-,9-,11-,12-,13-,14-,15-,16-,17-,18+/m1/s1. The van der Waals surface area contributed by atoms with Crippen LogP contribution in [0.4, 0.5) is 0 Å². The van der Waals surface area contributed by atoms with Gasteiger partial charge in [-0.15, -0.1) is 11.6 Å². The van der Waals surface area contributed by atoms with Gasteiger partial charge in [-0.2, -0.15) is 0 Å². The number of aliphatic hydroxyl groups excluding tert-OH is 5. The van der Waals surface area contributed by atoms with Gasteiger partial charge in [0.25, 0.3) is 0 Å². The Balaban J connectivity index is 2.32. The lowest BCUT2D eigenvalue weighted by Gasteiger charge is -2.48. The maximum Gasteiger partial charge on any atom is 0.236 e. The molecule has 0 unspecified atom stereocenters. The zero-order chi connectivity index (χ0) is 24.9. The van der Waals surface area contributed by atoms with Crippen LogP contribution in [0.3, 0.4) is 0 Å². The molecule has 0 aromatic carbocycles. The van der Waals surface area contributed by atoms with Gasteiger partial charge in [0, 0.05) is 13.8 Å². The average molecular weight is 500 g/mol. The van der Waals surface area contributed by atoms with E-state index in [0.717, 1.165) is 6.92 Å². The van der Waals surface area contributed by atoms with Gasteiger partial charge in [0.05, 0.1) is 13.2 Å². The molecule has 0 aromatic heterocycles. The van der Waals surface area contributed by atoms with Crippen LogP contribution in [0.25, 0.3) is 0 Å². The molecule has 15 heteroatoms. The molecular formula is C18H30ClN3O11. The van der Waals surface area contributed by atoms with Gasteiger partial charge in [0.1, 0.15) is 54.6 Å². The Labute approximate surface area is 194 Å². The molecule has 2 fully saturated rings. The van der Waals surface area contributed by atoms with Gasteiger partial charge < -0.3 is 55.7 Å². The summed E-state index contributed by atoms with van der Waals surface area (Å²) in [6.45, 7) is 0.926. The predicted octanol–water partition coefficient (Wildman–Crippen LogP) is -4.75. The van der Waals surface area contributed by atoms with E-state index in [1.54, 1.807) is 0 Å². The summed E-state index contributed by atoms with van der Waals surface area (Å²) in [7, 11) is 0. The van der Waals surface area contributed by atoms with E-state index in [-0.39, 0.29) is 0 Å². The number of rotatable bonds is 8. The second-order valence-electron chi connectivity index (χ2n) is 7.73. The van der Waals surface area contributed by atoms with Crippen LogP contribution >= 0.6 is 11.6 Å². The zero-order valence-corrected chi connectivity index (χ0v) is 18.7. The second kappa shape index (κ2) is 12.2. The topological polar surface area (TPSA) is 216 Å². The SMILES string of the molecule is CC(=O)N[C@@H]1[C@@H](O)[C@H](O[C@@H]2O[C@H](CO)[C@@H](O)[C@H](O)[C@H]2NC(C)=O)[C@@H](CO)O[C@H]1NC(=O)CCl. The van der Waals surface area contributed by atoms with Crippen LogP contribution in [0.5, 0.6) is 0 Å². The van der Waals surface area contributed by atoms with Gasteiger partial charge >= 0.3 is 0 Å². The van der Waals surface area contributed by atoms with Crippen LogP contribution in [0, 0.1) is 0 Å². The molecule has 0 spiro atoms. The highest BCUT2D eigenvalue weighted by Gasteiger charge is 2.51. The van der Waals surface area contributed by atoms with Crippen molar-refractivity contribution in [3.63, 3.8) is 0 Å². The van der Waals surface area contributed by atoms with Crippen LogP contribution in [0.1, 0.15) is 13.8 Å². The fourth-order valence-corrected chi connectivity index (χ4v) is 3.80. The summed E-state index contributed by atoms with van der Waals surface area (Å²) in [5.41, 5.74) is 0. The molecule has 0 aliphatic carbocycles. The molecule has 2 saturated heterocycles. The Morgan fingerprint density at radius 3 is 1.94 bits per heavy atom. The van der Waals surface area contributed by atoms with Gasteiger partial charge in [0.2, 0.25) is 17.7 Å². The van der Waals surface area contributed by atoms with E-state index in [2.05, 4.69) is 16.0 Å². The van der Waals surface area contributed by atoms with Crippen LogP contribution in [-0.4, -0.2) is 124 Å². The van der Waals surface area contributed by atoms with Crippen molar-refractivity contribution in [3.05, 3.63) is 0 Å². The third kappa shape index (κ3) is 6.71. The number of nitrogens with one attached hydrogen (secondary N) is 3. The highest BCUT2D eigenvalue weighted by Crippen LogP contribution is 2.29. The van der Waals surface area contributed by atoms with E-state index in [1.165, 1.54) is 6.92 Å². The maximum absolute atomic E-state index is 11.7. The minimum Gasteiger partial charge on any atom is -0.394 e. The normalized spacial score (nSPS) is 38.9.